The molecule has 0 aromatic carbocycles. The van der Waals surface area contributed by atoms with Crippen LogP contribution in [0.3, 0.4) is 0 Å². The fourth-order valence-corrected chi connectivity index (χ4v) is 1.73. The number of pyridine rings is 1. The highest BCUT2D eigenvalue weighted by Gasteiger charge is 1.95. The van der Waals surface area contributed by atoms with E-state index in [1.807, 2.05) is 11.4 Å². The minimum Gasteiger partial charge on any atom is -0.379 e. The largest absolute Gasteiger partial charge is 0.379 e. The summed E-state index contributed by atoms with van der Waals surface area (Å²) in [5.74, 6) is -0.452. The Balaban J connectivity index is 1.95. The number of nitrogens with zero attached hydrogens (tertiary/aromatic N) is 1. The van der Waals surface area contributed by atoms with E-state index in [9.17, 15) is 4.39 Å². The second-order valence-corrected chi connectivity index (χ2v) is 3.83. The van der Waals surface area contributed by atoms with Crippen molar-refractivity contribution < 1.29 is 4.39 Å². The molecule has 0 bridgehead atoms. The van der Waals surface area contributed by atoms with E-state index in [0.29, 0.717) is 0 Å². The third kappa shape index (κ3) is 2.29. The predicted octanol–water partition coefficient (Wildman–Crippen LogP) is 2.89. The molecular weight excluding hydrogens is 199 g/mol. The number of thiophene rings is 1. The Labute approximate surface area is 85.4 Å². The summed E-state index contributed by atoms with van der Waals surface area (Å²) < 4.78 is 12.5. The molecule has 0 aliphatic rings. The summed E-state index contributed by atoms with van der Waals surface area (Å²) in [6.07, 6.45) is 1.49. The SMILES string of the molecule is Fc1ccc(NCc2cccs2)cn1. The number of anilines is 1. The molecule has 14 heavy (non-hydrogen) atoms. The summed E-state index contributed by atoms with van der Waals surface area (Å²) >= 11 is 1.69. The third-order valence-electron chi connectivity index (χ3n) is 1.77. The molecule has 0 saturated heterocycles. The van der Waals surface area contributed by atoms with Gasteiger partial charge in [-0.15, -0.1) is 11.3 Å². The monoisotopic (exact) mass is 208 g/mol. The van der Waals surface area contributed by atoms with Crippen LogP contribution >= 0.6 is 11.3 Å². The standard InChI is InChI=1S/C10H9FN2S/c11-10-4-3-8(6-13-10)12-7-9-2-1-5-14-9/h1-6,12H,7H2. The van der Waals surface area contributed by atoms with E-state index in [4.69, 9.17) is 0 Å². The van der Waals surface area contributed by atoms with Crippen LogP contribution in [-0.2, 0) is 6.54 Å². The van der Waals surface area contributed by atoms with Crippen molar-refractivity contribution in [3.8, 4) is 0 Å². The molecule has 2 rings (SSSR count). The highest BCUT2D eigenvalue weighted by atomic mass is 32.1. The summed E-state index contributed by atoms with van der Waals surface area (Å²) in [6.45, 7) is 0.755. The molecule has 0 saturated carbocycles. The van der Waals surface area contributed by atoms with Gasteiger partial charge < -0.3 is 5.32 Å². The summed E-state index contributed by atoms with van der Waals surface area (Å²) in [7, 11) is 0. The average molecular weight is 208 g/mol. The lowest BCUT2D eigenvalue weighted by molar-refractivity contribution is 0.584. The Morgan fingerprint density at radius 1 is 1.36 bits per heavy atom. The van der Waals surface area contributed by atoms with Crippen LogP contribution in [0.1, 0.15) is 4.88 Å². The molecule has 2 nitrogen and oxygen atoms in total. The summed E-state index contributed by atoms with van der Waals surface area (Å²) in [4.78, 5) is 4.80. The van der Waals surface area contributed by atoms with Crippen molar-refractivity contribution in [3.63, 3.8) is 0 Å². The summed E-state index contributed by atoms with van der Waals surface area (Å²) in [6, 6.07) is 7.08. The van der Waals surface area contributed by atoms with Crippen LogP contribution in [0.15, 0.2) is 35.8 Å². The molecule has 0 aliphatic carbocycles. The highest BCUT2D eigenvalue weighted by molar-refractivity contribution is 7.09. The molecule has 0 spiro atoms. The number of hydrogen-bond donors (Lipinski definition) is 1. The van der Waals surface area contributed by atoms with E-state index >= 15 is 0 Å². The van der Waals surface area contributed by atoms with Crippen LogP contribution in [0.4, 0.5) is 10.1 Å². The smallest absolute Gasteiger partial charge is 0.212 e. The molecule has 0 amide bonds. The zero-order valence-corrected chi connectivity index (χ0v) is 8.22. The van der Waals surface area contributed by atoms with Gasteiger partial charge in [0.15, 0.2) is 0 Å². The van der Waals surface area contributed by atoms with E-state index in [0.717, 1.165) is 12.2 Å². The van der Waals surface area contributed by atoms with Crippen molar-refractivity contribution in [1.29, 1.82) is 0 Å². The predicted molar refractivity (Wildman–Crippen MR) is 55.8 cm³/mol. The van der Waals surface area contributed by atoms with Crippen molar-refractivity contribution in [2.45, 2.75) is 6.54 Å². The fraction of sp³-hybridized carbons (Fsp3) is 0.100. The van der Waals surface area contributed by atoms with Gasteiger partial charge in [-0.1, -0.05) is 6.07 Å². The molecule has 0 atom stereocenters. The molecule has 2 aromatic rings. The van der Waals surface area contributed by atoms with Gasteiger partial charge in [0.05, 0.1) is 11.9 Å². The van der Waals surface area contributed by atoms with Gasteiger partial charge in [0.25, 0.3) is 0 Å². The minimum atomic E-state index is -0.452. The average Bonchev–Trinajstić information content (AvgIpc) is 2.70. The lowest BCUT2D eigenvalue weighted by atomic mass is 10.4. The van der Waals surface area contributed by atoms with E-state index in [1.54, 1.807) is 17.4 Å². The normalized spacial score (nSPS) is 10.1. The summed E-state index contributed by atoms with van der Waals surface area (Å²) in [5, 5.41) is 5.18. The topological polar surface area (TPSA) is 24.9 Å². The Kier molecular flexibility index (Phi) is 2.74. The summed E-state index contributed by atoms with van der Waals surface area (Å²) in [5.41, 5.74) is 0.833. The molecule has 2 aromatic heterocycles. The van der Waals surface area contributed by atoms with Gasteiger partial charge in [-0.3, -0.25) is 0 Å². The van der Waals surface area contributed by atoms with Crippen molar-refractivity contribution >= 4 is 17.0 Å². The quantitative estimate of drug-likeness (QED) is 0.784. The Morgan fingerprint density at radius 3 is 2.93 bits per heavy atom. The first-order valence-electron chi connectivity index (χ1n) is 4.22. The first-order chi connectivity index (χ1) is 6.84. The Hall–Kier alpha value is -1.42. The van der Waals surface area contributed by atoms with Gasteiger partial charge in [0.2, 0.25) is 5.95 Å². The molecular formula is C10H9FN2S. The number of hydrogen-bond acceptors (Lipinski definition) is 3. The van der Waals surface area contributed by atoms with Crippen molar-refractivity contribution in [2.75, 3.05) is 5.32 Å². The molecule has 0 unspecified atom stereocenters. The van der Waals surface area contributed by atoms with Crippen LogP contribution in [0, 0.1) is 5.95 Å². The van der Waals surface area contributed by atoms with Crippen LogP contribution in [0.5, 0.6) is 0 Å². The maximum Gasteiger partial charge on any atom is 0.212 e. The van der Waals surface area contributed by atoms with Crippen molar-refractivity contribution in [2.24, 2.45) is 0 Å². The van der Waals surface area contributed by atoms with Crippen LogP contribution in [0.2, 0.25) is 0 Å². The van der Waals surface area contributed by atoms with E-state index in [-0.39, 0.29) is 0 Å². The van der Waals surface area contributed by atoms with Crippen LogP contribution in [0.25, 0.3) is 0 Å². The van der Waals surface area contributed by atoms with Gasteiger partial charge in [-0.2, -0.15) is 4.39 Å². The van der Waals surface area contributed by atoms with Gasteiger partial charge in [0, 0.05) is 11.4 Å². The molecule has 0 radical (unpaired) electrons. The maximum atomic E-state index is 12.5. The molecule has 0 fully saturated rings. The van der Waals surface area contributed by atoms with Gasteiger partial charge in [0.1, 0.15) is 0 Å². The second kappa shape index (κ2) is 4.19. The second-order valence-electron chi connectivity index (χ2n) is 2.80. The van der Waals surface area contributed by atoms with Crippen molar-refractivity contribution in [1.82, 2.24) is 4.98 Å². The zero-order valence-electron chi connectivity index (χ0n) is 7.40. The Morgan fingerprint density at radius 2 is 2.29 bits per heavy atom. The zero-order chi connectivity index (χ0) is 9.80. The fourth-order valence-electron chi connectivity index (χ4n) is 1.08. The molecule has 4 heteroatoms. The van der Waals surface area contributed by atoms with E-state index < -0.39 is 5.95 Å². The maximum absolute atomic E-state index is 12.5. The highest BCUT2D eigenvalue weighted by Crippen LogP contribution is 2.12. The minimum absolute atomic E-state index is 0.452. The van der Waals surface area contributed by atoms with Gasteiger partial charge in [-0.25, -0.2) is 4.98 Å². The molecule has 0 aliphatic heterocycles. The van der Waals surface area contributed by atoms with Gasteiger partial charge >= 0.3 is 0 Å². The van der Waals surface area contributed by atoms with E-state index in [1.165, 1.54) is 17.1 Å². The number of halogens is 1. The van der Waals surface area contributed by atoms with Crippen LogP contribution in [-0.4, -0.2) is 4.98 Å². The first kappa shape index (κ1) is 9.15. The number of rotatable bonds is 3. The first-order valence-corrected chi connectivity index (χ1v) is 5.10. The van der Waals surface area contributed by atoms with Crippen LogP contribution < -0.4 is 5.32 Å². The molecule has 2 heterocycles. The molecule has 1 N–H and O–H groups in total. The van der Waals surface area contributed by atoms with Crippen molar-refractivity contribution in [3.05, 3.63) is 46.7 Å². The number of aromatic nitrogens is 1. The number of nitrogens with one attached hydrogen (secondary N) is 1. The third-order valence-corrected chi connectivity index (χ3v) is 2.65. The van der Waals surface area contributed by atoms with Gasteiger partial charge in [-0.05, 0) is 23.6 Å². The lowest BCUT2D eigenvalue weighted by Crippen LogP contribution is -1.97. The lowest BCUT2D eigenvalue weighted by Gasteiger charge is -2.02. The van der Waals surface area contributed by atoms with E-state index in [2.05, 4.69) is 16.4 Å². The molecule has 72 valence electrons. The Bertz CT molecular complexity index is 383.